The van der Waals surface area contributed by atoms with Crippen molar-refractivity contribution in [2.45, 2.75) is 59.3 Å². The number of carboxylic acid groups (broad SMARTS) is 1. The molecule has 0 saturated carbocycles. The zero-order valence-electron chi connectivity index (χ0n) is 17.9. The van der Waals surface area contributed by atoms with Crippen molar-refractivity contribution in [3.63, 3.8) is 0 Å². The first kappa shape index (κ1) is 20.8. The Balaban J connectivity index is 2.19. The van der Waals surface area contributed by atoms with Crippen LogP contribution in [0, 0.1) is 0 Å². The van der Waals surface area contributed by atoms with E-state index in [0.717, 1.165) is 13.1 Å². The SMILES string of the molecule is CC(C)c1c(N2CCN(C(=O)O)CC2)ccc2c1c(C(C)C)c(C(C)C)n2[Si]. The number of aromatic nitrogens is 1. The topological polar surface area (TPSA) is 48.7 Å². The molecular weight excluding hydrogens is 366 g/mol. The van der Waals surface area contributed by atoms with E-state index in [-0.39, 0.29) is 0 Å². The minimum Gasteiger partial charge on any atom is -0.465 e. The maximum absolute atomic E-state index is 11.3. The summed E-state index contributed by atoms with van der Waals surface area (Å²) in [5.41, 5.74) is 6.62. The third kappa shape index (κ3) is 3.43. The van der Waals surface area contributed by atoms with E-state index in [2.05, 4.69) is 73.2 Å². The van der Waals surface area contributed by atoms with Crippen LogP contribution in [0.5, 0.6) is 0 Å². The van der Waals surface area contributed by atoms with Gasteiger partial charge in [0.15, 0.2) is 10.4 Å². The molecule has 3 rings (SSSR count). The Hall–Kier alpha value is -1.95. The summed E-state index contributed by atoms with van der Waals surface area (Å²) in [4.78, 5) is 15.1. The van der Waals surface area contributed by atoms with Crippen LogP contribution in [-0.2, 0) is 0 Å². The molecule has 1 aromatic carbocycles. The molecule has 1 aliphatic rings. The molecule has 0 unspecified atom stereocenters. The van der Waals surface area contributed by atoms with Crippen molar-refractivity contribution < 1.29 is 9.90 Å². The molecule has 1 amide bonds. The van der Waals surface area contributed by atoms with Gasteiger partial charge in [0, 0.05) is 48.5 Å². The molecule has 2 heterocycles. The van der Waals surface area contributed by atoms with Crippen molar-refractivity contribution in [3.05, 3.63) is 29.0 Å². The Kier molecular flexibility index (Phi) is 5.80. The van der Waals surface area contributed by atoms with Gasteiger partial charge in [-0.2, -0.15) is 0 Å². The average Bonchev–Trinajstić information content (AvgIpc) is 2.94. The van der Waals surface area contributed by atoms with Gasteiger partial charge in [0.05, 0.1) is 0 Å². The predicted octanol–water partition coefficient (Wildman–Crippen LogP) is 4.74. The largest absolute Gasteiger partial charge is 0.465 e. The fourth-order valence-corrected chi connectivity index (χ4v) is 5.16. The van der Waals surface area contributed by atoms with E-state index < -0.39 is 6.09 Å². The van der Waals surface area contributed by atoms with Gasteiger partial charge in [0.2, 0.25) is 0 Å². The molecule has 0 spiro atoms. The Morgan fingerprint density at radius 2 is 1.50 bits per heavy atom. The zero-order valence-corrected chi connectivity index (χ0v) is 18.9. The molecule has 151 valence electrons. The molecule has 3 radical (unpaired) electrons. The van der Waals surface area contributed by atoms with Crippen molar-refractivity contribution in [3.8, 4) is 0 Å². The van der Waals surface area contributed by atoms with E-state index in [9.17, 15) is 9.90 Å². The summed E-state index contributed by atoms with van der Waals surface area (Å²) in [5.74, 6) is 1.22. The van der Waals surface area contributed by atoms with Crippen LogP contribution in [0.1, 0.15) is 76.1 Å². The van der Waals surface area contributed by atoms with Gasteiger partial charge in [-0.3, -0.25) is 0 Å². The molecule has 0 bridgehead atoms. The molecule has 28 heavy (non-hydrogen) atoms. The van der Waals surface area contributed by atoms with Crippen LogP contribution in [0.4, 0.5) is 10.5 Å². The highest BCUT2D eigenvalue weighted by Gasteiger charge is 2.28. The molecular formula is C22H32N3O2Si. The number of hydrogen-bond acceptors (Lipinski definition) is 2. The van der Waals surface area contributed by atoms with Gasteiger partial charge in [-0.1, -0.05) is 41.5 Å². The molecule has 2 aromatic rings. The lowest BCUT2D eigenvalue weighted by Crippen LogP contribution is -2.48. The average molecular weight is 399 g/mol. The highest BCUT2D eigenvalue weighted by molar-refractivity contribution is 6.14. The van der Waals surface area contributed by atoms with Crippen LogP contribution in [0.15, 0.2) is 12.1 Å². The Bertz CT molecular complexity index is 878. The number of piperazine rings is 1. The second kappa shape index (κ2) is 7.82. The first-order valence-corrected chi connectivity index (χ1v) is 10.7. The summed E-state index contributed by atoms with van der Waals surface area (Å²) in [7, 11) is 3.89. The molecule has 1 aromatic heterocycles. The van der Waals surface area contributed by atoms with Crippen LogP contribution in [0.2, 0.25) is 0 Å². The van der Waals surface area contributed by atoms with E-state index in [4.69, 9.17) is 0 Å². The summed E-state index contributed by atoms with van der Waals surface area (Å²) < 4.78 is 2.19. The number of nitrogens with zero attached hydrogens (tertiary/aromatic N) is 3. The van der Waals surface area contributed by atoms with Gasteiger partial charge in [0.25, 0.3) is 0 Å². The van der Waals surface area contributed by atoms with Crippen molar-refractivity contribution in [2.24, 2.45) is 0 Å². The third-order valence-electron chi connectivity index (χ3n) is 5.82. The van der Waals surface area contributed by atoms with Gasteiger partial charge in [-0.15, -0.1) is 0 Å². The Morgan fingerprint density at radius 1 is 0.929 bits per heavy atom. The van der Waals surface area contributed by atoms with Crippen molar-refractivity contribution in [1.29, 1.82) is 0 Å². The second-order valence-corrected chi connectivity index (χ2v) is 9.19. The smallest absolute Gasteiger partial charge is 0.407 e. The van der Waals surface area contributed by atoms with Crippen molar-refractivity contribution in [1.82, 2.24) is 9.13 Å². The van der Waals surface area contributed by atoms with Gasteiger partial charge in [0.1, 0.15) is 0 Å². The van der Waals surface area contributed by atoms with Crippen LogP contribution in [0.25, 0.3) is 10.9 Å². The standard InChI is InChI=1S/C22H32N3O2Si/c1-13(2)18-16(23-9-11-24(12-10-23)22(26)27)7-8-17-20(18)19(14(3)4)21(15(5)6)25(17)28/h7-8,13-15H,9-12H2,1-6H3,(H,26,27). The molecule has 1 fully saturated rings. The fraction of sp³-hybridized carbons (Fsp3) is 0.591. The van der Waals surface area contributed by atoms with Crippen LogP contribution in [0.3, 0.4) is 0 Å². The Morgan fingerprint density at radius 3 is 1.96 bits per heavy atom. The van der Waals surface area contributed by atoms with Crippen LogP contribution < -0.4 is 4.90 Å². The number of rotatable bonds is 4. The molecule has 0 aliphatic carbocycles. The monoisotopic (exact) mass is 398 g/mol. The maximum Gasteiger partial charge on any atom is 0.407 e. The van der Waals surface area contributed by atoms with Crippen molar-refractivity contribution >= 4 is 33.1 Å². The normalized spacial score (nSPS) is 15.5. The summed E-state index contributed by atoms with van der Waals surface area (Å²) in [6, 6.07) is 4.43. The number of amides is 1. The quantitative estimate of drug-likeness (QED) is 0.757. The minimum atomic E-state index is -0.820. The molecule has 1 saturated heterocycles. The molecule has 1 N–H and O–H groups in total. The second-order valence-electron chi connectivity index (χ2n) is 8.75. The third-order valence-corrected chi connectivity index (χ3v) is 6.30. The van der Waals surface area contributed by atoms with Crippen LogP contribution >= 0.6 is 0 Å². The van der Waals surface area contributed by atoms with E-state index in [1.54, 1.807) is 0 Å². The molecule has 0 atom stereocenters. The Labute approximate surface area is 171 Å². The first-order chi connectivity index (χ1) is 13.1. The zero-order chi connectivity index (χ0) is 20.7. The van der Waals surface area contributed by atoms with Crippen LogP contribution in [-0.4, -0.2) is 56.9 Å². The first-order valence-electron chi connectivity index (χ1n) is 10.3. The van der Waals surface area contributed by atoms with E-state index in [0.29, 0.717) is 30.8 Å². The minimum absolute atomic E-state index is 0.378. The fourth-order valence-electron chi connectivity index (χ4n) is 4.60. The highest BCUT2D eigenvalue weighted by atomic mass is 28.2. The summed E-state index contributed by atoms with van der Waals surface area (Å²) in [5, 5.41) is 10.6. The number of hydrogen-bond donors (Lipinski definition) is 1. The molecule has 1 aliphatic heterocycles. The lowest BCUT2D eigenvalue weighted by Gasteiger charge is -2.36. The summed E-state index contributed by atoms with van der Waals surface area (Å²) in [6.07, 6.45) is -0.820. The number of benzene rings is 1. The molecule has 5 nitrogen and oxygen atoms in total. The molecule has 6 heteroatoms. The summed E-state index contributed by atoms with van der Waals surface area (Å²) in [6.45, 7) is 16.1. The lowest BCUT2D eigenvalue weighted by molar-refractivity contribution is 0.142. The highest BCUT2D eigenvalue weighted by Crippen LogP contribution is 2.43. The van der Waals surface area contributed by atoms with Crippen molar-refractivity contribution in [2.75, 3.05) is 31.1 Å². The van der Waals surface area contributed by atoms with Gasteiger partial charge in [-0.25, -0.2) is 4.79 Å². The van der Waals surface area contributed by atoms with Gasteiger partial charge in [-0.05, 0) is 41.0 Å². The van der Waals surface area contributed by atoms with Gasteiger partial charge >= 0.3 is 6.09 Å². The number of anilines is 1. The van der Waals surface area contributed by atoms with Gasteiger partial charge < -0.3 is 19.1 Å². The number of fused-ring (bicyclic) bond motifs is 1. The van der Waals surface area contributed by atoms with E-state index >= 15 is 0 Å². The number of carbonyl (C=O) groups is 1. The lowest BCUT2D eigenvalue weighted by atomic mass is 9.88. The van der Waals surface area contributed by atoms with E-state index in [1.807, 2.05) is 0 Å². The summed E-state index contributed by atoms with van der Waals surface area (Å²) >= 11 is 0. The maximum atomic E-state index is 11.3. The predicted molar refractivity (Wildman–Crippen MR) is 117 cm³/mol. The van der Waals surface area contributed by atoms with E-state index in [1.165, 1.54) is 38.3 Å².